The number of thioether (sulfide) groups is 1. The molecule has 2 fully saturated rings. The Balaban J connectivity index is 1.45. The van der Waals surface area contributed by atoms with Gasteiger partial charge in [-0.3, -0.25) is 4.79 Å². The fourth-order valence-corrected chi connectivity index (χ4v) is 9.39. The lowest BCUT2D eigenvalue weighted by atomic mass is 10.2. The molecule has 9 nitrogen and oxygen atoms in total. The van der Waals surface area contributed by atoms with Crippen LogP contribution < -0.4 is 0 Å². The van der Waals surface area contributed by atoms with Gasteiger partial charge >= 0.3 is 0 Å². The number of aryl methyl sites for hydroxylation is 2. The third-order valence-corrected chi connectivity index (χ3v) is 11.2. The first-order valence-electron chi connectivity index (χ1n) is 10.3. The molecule has 0 unspecified atom stereocenters. The molecule has 3 heterocycles. The number of sulfonamides is 1. The van der Waals surface area contributed by atoms with Gasteiger partial charge in [-0.2, -0.15) is 4.31 Å². The second-order valence-electron chi connectivity index (χ2n) is 7.99. The largest absolute Gasteiger partial charge is 0.360 e. The van der Waals surface area contributed by atoms with Gasteiger partial charge in [0.25, 0.3) is 5.91 Å². The highest BCUT2D eigenvalue weighted by Crippen LogP contribution is 2.34. The maximum atomic E-state index is 13.2. The van der Waals surface area contributed by atoms with Crippen LogP contribution in [0, 0.1) is 13.8 Å². The molecule has 0 saturated carbocycles. The standard InChI is InChI=1S/C20H25N3O6S3/c1-14-19(15(2)29-21-14)32(27,28)23-10-8-22(9-11-23)20(24)17-5-3-4-6-18(17)30-16-7-12-31(25,26)13-16/h3-6,16H,7-13H2,1-2H3/t16-/m1/s1. The molecule has 1 aromatic carbocycles. The van der Waals surface area contributed by atoms with Crippen LogP contribution in [0.1, 0.15) is 28.2 Å². The zero-order valence-corrected chi connectivity index (χ0v) is 20.3. The van der Waals surface area contributed by atoms with Crippen LogP contribution in [0.5, 0.6) is 0 Å². The van der Waals surface area contributed by atoms with Crippen LogP contribution in [-0.4, -0.2) is 80.0 Å². The first-order valence-corrected chi connectivity index (χ1v) is 14.4. The van der Waals surface area contributed by atoms with Crippen LogP contribution >= 0.6 is 11.8 Å². The summed E-state index contributed by atoms with van der Waals surface area (Å²) in [5.74, 6) is 0.380. The summed E-state index contributed by atoms with van der Waals surface area (Å²) >= 11 is 1.43. The summed E-state index contributed by atoms with van der Waals surface area (Å²) in [6, 6.07) is 7.18. The molecular weight excluding hydrogens is 474 g/mol. The average Bonchev–Trinajstić information content (AvgIpc) is 3.28. The molecule has 0 bridgehead atoms. The van der Waals surface area contributed by atoms with Crippen LogP contribution in [-0.2, 0) is 19.9 Å². The minimum atomic E-state index is -3.75. The second-order valence-corrected chi connectivity index (χ2v) is 13.4. The average molecular weight is 500 g/mol. The molecule has 0 aliphatic carbocycles. The maximum absolute atomic E-state index is 13.2. The Morgan fingerprint density at radius 3 is 2.44 bits per heavy atom. The maximum Gasteiger partial charge on any atom is 0.255 e. The Kier molecular flexibility index (Phi) is 6.40. The van der Waals surface area contributed by atoms with Gasteiger partial charge in [-0.05, 0) is 32.4 Å². The molecule has 2 aromatic rings. The van der Waals surface area contributed by atoms with Crippen molar-refractivity contribution in [3.63, 3.8) is 0 Å². The number of amides is 1. The van der Waals surface area contributed by atoms with Gasteiger partial charge in [0.2, 0.25) is 10.0 Å². The first kappa shape index (κ1) is 23.3. The molecule has 1 aromatic heterocycles. The molecule has 12 heteroatoms. The fraction of sp³-hybridized carbons (Fsp3) is 0.500. The lowest BCUT2D eigenvalue weighted by Crippen LogP contribution is -2.50. The first-order chi connectivity index (χ1) is 15.1. The number of sulfone groups is 1. The van der Waals surface area contributed by atoms with Crippen molar-refractivity contribution >= 4 is 37.5 Å². The van der Waals surface area contributed by atoms with Gasteiger partial charge in [-0.15, -0.1) is 11.8 Å². The predicted octanol–water partition coefficient (Wildman–Crippen LogP) is 1.72. The van der Waals surface area contributed by atoms with E-state index < -0.39 is 19.9 Å². The fourth-order valence-electron chi connectivity index (χ4n) is 4.05. The summed E-state index contributed by atoms with van der Waals surface area (Å²) in [5.41, 5.74) is 0.838. The van der Waals surface area contributed by atoms with E-state index in [9.17, 15) is 21.6 Å². The highest BCUT2D eigenvalue weighted by Gasteiger charge is 2.35. The Morgan fingerprint density at radius 1 is 1.16 bits per heavy atom. The van der Waals surface area contributed by atoms with E-state index in [1.54, 1.807) is 30.9 Å². The Hall–Kier alpha value is -1.89. The minimum absolute atomic E-state index is 0.0639. The normalized spacial score (nSPS) is 21.7. The second kappa shape index (κ2) is 8.81. The molecule has 0 N–H and O–H groups in total. The van der Waals surface area contributed by atoms with Gasteiger partial charge in [0.15, 0.2) is 15.6 Å². The lowest BCUT2D eigenvalue weighted by molar-refractivity contribution is 0.0694. The van der Waals surface area contributed by atoms with E-state index in [1.807, 2.05) is 12.1 Å². The SMILES string of the molecule is Cc1noc(C)c1S(=O)(=O)N1CCN(C(=O)c2ccccc2S[C@@H]2CCS(=O)(=O)C2)CC1. The molecule has 2 saturated heterocycles. The van der Waals surface area contributed by atoms with Gasteiger partial charge in [0.1, 0.15) is 10.6 Å². The Morgan fingerprint density at radius 2 is 1.84 bits per heavy atom. The molecule has 1 amide bonds. The van der Waals surface area contributed by atoms with E-state index in [1.165, 1.54) is 16.1 Å². The molecule has 4 rings (SSSR count). The van der Waals surface area contributed by atoms with Gasteiger partial charge in [-0.1, -0.05) is 17.3 Å². The lowest BCUT2D eigenvalue weighted by Gasteiger charge is -2.34. The number of nitrogens with zero attached hydrogens (tertiary/aromatic N) is 3. The quantitative estimate of drug-likeness (QED) is 0.610. The van der Waals surface area contributed by atoms with Crippen molar-refractivity contribution < 1.29 is 26.2 Å². The summed E-state index contributed by atoms with van der Waals surface area (Å²) in [5, 5.41) is 3.67. The van der Waals surface area contributed by atoms with Crippen molar-refractivity contribution in [2.45, 2.75) is 35.3 Å². The van der Waals surface area contributed by atoms with E-state index in [2.05, 4.69) is 5.16 Å². The van der Waals surface area contributed by atoms with Crippen molar-refractivity contribution in [1.82, 2.24) is 14.4 Å². The van der Waals surface area contributed by atoms with Crippen molar-refractivity contribution in [3.05, 3.63) is 41.3 Å². The van der Waals surface area contributed by atoms with Crippen LogP contribution in [0.4, 0.5) is 0 Å². The summed E-state index contributed by atoms with van der Waals surface area (Å²) in [6.45, 7) is 4.03. The van der Waals surface area contributed by atoms with Gasteiger partial charge < -0.3 is 9.42 Å². The zero-order chi connectivity index (χ0) is 23.1. The van der Waals surface area contributed by atoms with E-state index in [0.717, 1.165) is 4.90 Å². The Bertz CT molecular complexity index is 1210. The highest BCUT2D eigenvalue weighted by atomic mass is 32.2. The smallest absolute Gasteiger partial charge is 0.255 e. The molecule has 0 radical (unpaired) electrons. The predicted molar refractivity (Wildman–Crippen MR) is 120 cm³/mol. The summed E-state index contributed by atoms with van der Waals surface area (Å²) in [4.78, 5) is 15.7. The Labute approximate surface area is 192 Å². The van der Waals surface area contributed by atoms with Crippen molar-refractivity contribution in [1.29, 1.82) is 0 Å². The number of carbonyl (C=O) groups is 1. The van der Waals surface area contributed by atoms with Crippen molar-refractivity contribution in [3.8, 4) is 0 Å². The van der Waals surface area contributed by atoms with Crippen LogP contribution in [0.3, 0.4) is 0 Å². The van der Waals surface area contributed by atoms with Crippen LogP contribution in [0.25, 0.3) is 0 Å². The number of rotatable bonds is 5. The molecule has 0 spiro atoms. The third-order valence-electron chi connectivity index (χ3n) is 5.69. The summed E-state index contributed by atoms with van der Waals surface area (Å²) in [6.07, 6.45) is 0.577. The molecule has 1 atom stereocenters. The third kappa shape index (κ3) is 4.59. The van der Waals surface area contributed by atoms with E-state index in [4.69, 9.17) is 4.52 Å². The number of piperazine rings is 1. The zero-order valence-electron chi connectivity index (χ0n) is 17.9. The minimum Gasteiger partial charge on any atom is -0.360 e. The topological polar surface area (TPSA) is 118 Å². The molecule has 2 aliphatic heterocycles. The van der Waals surface area contributed by atoms with Crippen molar-refractivity contribution in [2.75, 3.05) is 37.7 Å². The van der Waals surface area contributed by atoms with E-state index in [-0.39, 0.29) is 59.5 Å². The van der Waals surface area contributed by atoms with Gasteiger partial charge in [0, 0.05) is 36.3 Å². The highest BCUT2D eigenvalue weighted by molar-refractivity contribution is 8.02. The molecule has 2 aliphatic rings. The van der Waals surface area contributed by atoms with Crippen LogP contribution in [0.2, 0.25) is 0 Å². The van der Waals surface area contributed by atoms with Gasteiger partial charge in [-0.25, -0.2) is 16.8 Å². The monoisotopic (exact) mass is 499 g/mol. The summed E-state index contributed by atoms with van der Waals surface area (Å²) in [7, 11) is -6.75. The molecule has 32 heavy (non-hydrogen) atoms. The number of hydrogen-bond donors (Lipinski definition) is 0. The van der Waals surface area contributed by atoms with Crippen molar-refractivity contribution in [2.24, 2.45) is 0 Å². The number of carbonyl (C=O) groups excluding carboxylic acids is 1. The molecule has 174 valence electrons. The van der Waals surface area contributed by atoms with Gasteiger partial charge in [0.05, 0.1) is 17.1 Å². The molecular formula is C20H25N3O6S3. The number of hydrogen-bond acceptors (Lipinski definition) is 8. The van der Waals surface area contributed by atoms with Crippen LogP contribution in [0.15, 0.2) is 38.6 Å². The van der Waals surface area contributed by atoms with E-state index >= 15 is 0 Å². The number of aromatic nitrogens is 1. The van der Waals surface area contributed by atoms with E-state index in [0.29, 0.717) is 17.7 Å². The number of benzene rings is 1. The summed E-state index contributed by atoms with van der Waals surface area (Å²) < 4.78 is 55.9.